The molecule has 1 rings (SSSR count). The van der Waals surface area contributed by atoms with Crippen molar-refractivity contribution < 1.29 is 14.5 Å². The summed E-state index contributed by atoms with van der Waals surface area (Å²) in [7, 11) is 1.71. The van der Waals surface area contributed by atoms with Gasteiger partial charge in [-0.3, -0.25) is 19.7 Å². The third-order valence-electron chi connectivity index (χ3n) is 3.77. The predicted octanol–water partition coefficient (Wildman–Crippen LogP) is 1.85. The van der Waals surface area contributed by atoms with Gasteiger partial charge in [-0.05, 0) is 38.3 Å². The second kappa shape index (κ2) is 9.12. The number of nitro groups is 1. The second-order valence-corrected chi connectivity index (χ2v) is 6.27. The zero-order valence-corrected chi connectivity index (χ0v) is 14.5. The van der Waals surface area contributed by atoms with Crippen LogP contribution in [0.25, 0.3) is 0 Å². The van der Waals surface area contributed by atoms with Crippen LogP contribution < -0.4 is 10.6 Å². The van der Waals surface area contributed by atoms with E-state index in [2.05, 4.69) is 10.6 Å². The number of nitrogens with zero attached hydrogens (tertiary/aromatic N) is 1. The number of hydrogen-bond acceptors (Lipinski definition) is 5. The Morgan fingerprint density at radius 2 is 1.75 bits per heavy atom. The summed E-state index contributed by atoms with van der Waals surface area (Å²) >= 11 is 0. The van der Waals surface area contributed by atoms with E-state index in [1.54, 1.807) is 19.2 Å². The molecule has 0 radical (unpaired) electrons. The fraction of sp³-hybridized carbons (Fsp3) is 0.529. The topological polar surface area (TPSA) is 101 Å². The van der Waals surface area contributed by atoms with Crippen LogP contribution in [0.15, 0.2) is 24.3 Å². The predicted molar refractivity (Wildman–Crippen MR) is 91.7 cm³/mol. The largest absolute Gasteiger partial charge is 0.345 e. The molecule has 0 fully saturated rings. The van der Waals surface area contributed by atoms with E-state index in [0.29, 0.717) is 18.8 Å². The molecule has 1 unspecified atom stereocenters. The molecule has 0 saturated heterocycles. The van der Waals surface area contributed by atoms with Gasteiger partial charge in [0.2, 0.25) is 5.91 Å². The van der Waals surface area contributed by atoms with Gasteiger partial charge in [-0.15, -0.1) is 0 Å². The molecule has 0 aliphatic carbocycles. The van der Waals surface area contributed by atoms with Gasteiger partial charge in [-0.25, -0.2) is 0 Å². The summed E-state index contributed by atoms with van der Waals surface area (Å²) in [4.78, 5) is 34.4. The molecule has 7 heteroatoms. The lowest BCUT2D eigenvalue weighted by atomic mass is 10.00. The third kappa shape index (κ3) is 6.08. The Hall–Kier alpha value is -2.28. The van der Waals surface area contributed by atoms with E-state index in [9.17, 15) is 19.7 Å². The van der Waals surface area contributed by atoms with Gasteiger partial charge in [0.25, 0.3) is 5.69 Å². The maximum Gasteiger partial charge on any atom is 0.269 e. The van der Waals surface area contributed by atoms with Crippen LogP contribution in [0.3, 0.4) is 0 Å². The quantitative estimate of drug-likeness (QED) is 0.530. The molecule has 0 saturated carbocycles. The van der Waals surface area contributed by atoms with Gasteiger partial charge in [0, 0.05) is 12.1 Å². The number of carbonyl (C=O) groups is 2. The van der Waals surface area contributed by atoms with Crippen molar-refractivity contribution in [3.63, 3.8) is 0 Å². The van der Waals surface area contributed by atoms with Crippen LogP contribution >= 0.6 is 0 Å². The first-order chi connectivity index (χ1) is 11.2. The molecule has 2 atom stereocenters. The average Bonchev–Trinajstić information content (AvgIpc) is 2.51. The number of rotatable bonds is 9. The first kappa shape index (κ1) is 19.8. The highest BCUT2D eigenvalue weighted by atomic mass is 16.6. The van der Waals surface area contributed by atoms with Crippen LogP contribution in [0, 0.1) is 16.0 Å². The van der Waals surface area contributed by atoms with Gasteiger partial charge in [0.15, 0.2) is 5.78 Å². The van der Waals surface area contributed by atoms with Crippen LogP contribution in [0.4, 0.5) is 5.69 Å². The number of amides is 1. The van der Waals surface area contributed by atoms with Crippen LogP contribution in [-0.2, 0) is 16.0 Å². The molecule has 1 aromatic carbocycles. The van der Waals surface area contributed by atoms with Crippen LogP contribution in [-0.4, -0.2) is 35.7 Å². The molecular weight excluding hydrogens is 310 g/mol. The van der Waals surface area contributed by atoms with E-state index in [0.717, 1.165) is 5.56 Å². The lowest BCUT2D eigenvalue weighted by Crippen LogP contribution is -2.50. The molecule has 0 heterocycles. The molecule has 132 valence electrons. The summed E-state index contributed by atoms with van der Waals surface area (Å²) in [5.74, 6) is -0.0203. The normalized spacial score (nSPS) is 13.4. The summed E-state index contributed by atoms with van der Waals surface area (Å²) < 4.78 is 0. The molecule has 0 bridgehead atoms. The molecule has 7 nitrogen and oxygen atoms in total. The molecule has 0 aromatic heterocycles. The number of non-ortho nitro benzene ring substituents is 1. The summed E-state index contributed by atoms with van der Waals surface area (Å²) in [5.41, 5.74) is 0.750. The average molecular weight is 335 g/mol. The fourth-order valence-electron chi connectivity index (χ4n) is 2.39. The Bertz CT molecular complexity index is 584. The maximum atomic E-state index is 12.3. The highest BCUT2D eigenvalue weighted by Crippen LogP contribution is 2.14. The van der Waals surface area contributed by atoms with Crippen molar-refractivity contribution in [3.8, 4) is 0 Å². The Kier molecular flexibility index (Phi) is 7.51. The Morgan fingerprint density at radius 3 is 2.17 bits per heavy atom. The van der Waals surface area contributed by atoms with E-state index < -0.39 is 11.0 Å². The van der Waals surface area contributed by atoms with Gasteiger partial charge < -0.3 is 10.6 Å². The van der Waals surface area contributed by atoms with Crippen molar-refractivity contribution in [2.75, 3.05) is 7.05 Å². The third-order valence-corrected chi connectivity index (χ3v) is 3.77. The number of nitrogens with one attached hydrogen (secondary N) is 2. The lowest BCUT2D eigenvalue weighted by molar-refractivity contribution is -0.384. The monoisotopic (exact) mass is 335 g/mol. The van der Waals surface area contributed by atoms with E-state index in [1.165, 1.54) is 19.1 Å². The summed E-state index contributed by atoms with van der Waals surface area (Å²) in [6.45, 7) is 5.47. The van der Waals surface area contributed by atoms with Crippen molar-refractivity contribution in [1.82, 2.24) is 10.6 Å². The molecule has 24 heavy (non-hydrogen) atoms. The van der Waals surface area contributed by atoms with Crippen molar-refractivity contribution in [2.45, 2.75) is 45.7 Å². The van der Waals surface area contributed by atoms with Crippen molar-refractivity contribution >= 4 is 17.4 Å². The molecule has 1 amide bonds. The minimum absolute atomic E-state index is 0.00524. The molecule has 1 aromatic rings. The van der Waals surface area contributed by atoms with E-state index in [1.807, 2.05) is 13.8 Å². The standard InChI is InChI=1S/C17H25N3O4/c1-11(2)9-16(18-4)17(22)19-15(12(3)21)10-13-5-7-14(8-6-13)20(23)24/h5-8,11,15-16,18H,9-10H2,1-4H3,(H,19,22)/t15?,16-/m0/s1. The van der Waals surface area contributed by atoms with Crippen molar-refractivity contribution in [2.24, 2.45) is 5.92 Å². The number of Topliss-reactive ketones (excluding diaryl/α,β-unsaturated/α-hetero) is 1. The Morgan fingerprint density at radius 1 is 1.17 bits per heavy atom. The van der Waals surface area contributed by atoms with Gasteiger partial charge in [0.1, 0.15) is 0 Å². The van der Waals surface area contributed by atoms with Gasteiger partial charge >= 0.3 is 0 Å². The molecule has 0 aliphatic rings. The second-order valence-electron chi connectivity index (χ2n) is 6.27. The Balaban J connectivity index is 2.78. The smallest absolute Gasteiger partial charge is 0.269 e. The van der Waals surface area contributed by atoms with Gasteiger partial charge in [0.05, 0.1) is 17.0 Å². The first-order valence-corrected chi connectivity index (χ1v) is 7.96. The van der Waals surface area contributed by atoms with Crippen molar-refractivity contribution in [3.05, 3.63) is 39.9 Å². The number of ketones is 1. The molecular formula is C17H25N3O4. The van der Waals surface area contributed by atoms with Crippen LogP contribution in [0.1, 0.15) is 32.8 Å². The number of nitro benzene ring substituents is 1. The zero-order chi connectivity index (χ0) is 18.3. The van der Waals surface area contributed by atoms with E-state index >= 15 is 0 Å². The van der Waals surface area contributed by atoms with Crippen LogP contribution in [0.5, 0.6) is 0 Å². The van der Waals surface area contributed by atoms with E-state index in [4.69, 9.17) is 0 Å². The summed E-state index contributed by atoms with van der Waals surface area (Å²) in [6, 6.07) is 4.98. The van der Waals surface area contributed by atoms with E-state index in [-0.39, 0.29) is 23.4 Å². The van der Waals surface area contributed by atoms with Crippen LogP contribution in [0.2, 0.25) is 0 Å². The molecule has 0 aliphatic heterocycles. The number of hydrogen-bond donors (Lipinski definition) is 2. The highest BCUT2D eigenvalue weighted by molar-refractivity contribution is 5.89. The zero-order valence-electron chi connectivity index (χ0n) is 14.5. The highest BCUT2D eigenvalue weighted by Gasteiger charge is 2.23. The summed E-state index contributed by atoms with van der Waals surface area (Å²) in [6.07, 6.45) is 0.974. The molecule has 2 N–H and O–H groups in total. The Labute approximate surface area is 142 Å². The number of carbonyl (C=O) groups excluding carboxylic acids is 2. The molecule has 0 spiro atoms. The summed E-state index contributed by atoms with van der Waals surface area (Å²) in [5, 5.41) is 16.4. The SMILES string of the molecule is CN[C@@H](CC(C)C)C(=O)NC(Cc1ccc([N+](=O)[O-])cc1)C(C)=O. The van der Waals surface area contributed by atoms with Crippen molar-refractivity contribution in [1.29, 1.82) is 0 Å². The van der Waals surface area contributed by atoms with Gasteiger partial charge in [-0.2, -0.15) is 0 Å². The van der Waals surface area contributed by atoms with Gasteiger partial charge in [-0.1, -0.05) is 26.0 Å². The number of benzene rings is 1. The minimum atomic E-state index is -0.651. The minimum Gasteiger partial charge on any atom is -0.345 e. The fourth-order valence-corrected chi connectivity index (χ4v) is 2.39. The lowest BCUT2D eigenvalue weighted by Gasteiger charge is -2.22. The first-order valence-electron chi connectivity index (χ1n) is 7.96. The maximum absolute atomic E-state index is 12.3. The number of likely N-dealkylation sites (N-methyl/N-ethyl adjacent to an activating group) is 1.